The lowest BCUT2D eigenvalue weighted by Crippen LogP contribution is -2.02. The van der Waals surface area contributed by atoms with Gasteiger partial charge in [-0.1, -0.05) is 0 Å². The number of aromatic amines is 1. The summed E-state index contributed by atoms with van der Waals surface area (Å²) in [6.07, 6.45) is 3.16. The van der Waals surface area contributed by atoms with E-state index in [1.54, 1.807) is 18.3 Å². The van der Waals surface area contributed by atoms with Crippen molar-refractivity contribution in [3.8, 4) is 6.07 Å². The zero-order valence-electron chi connectivity index (χ0n) is 5.98. The maximum absolute atomic E-state index is 11.0. The minimum Gasteiger partial charge on any atom is -0.266 e. The minimum absolute atomic E-state index is 0.0515. The largest absolute Gasteiger partial charge is 0.284 e. The lowest BCUT2D eigenvalue weighted by molar-refractivity contribution is 0.920. The maximum atomic E-state index is 11.0. The molecule has 12 heavy (non-hydrogen) atoms. The molecule has 1 N–H and O–H groups in total. The molecule has 0 aliphatic rings. The van der Waals surface area contributed by atoms with Crippen molar-refractivity contribution in [2.45, 2.75) is 0 Å². The standard InChI is InChI=1S/C7H4N4O/c8-4-5-6-9-2-1-3-11(6)10-7(5)12/h1-3H,(H,10,12). The molecule has 0 aliphatic heterocycles. The van der Waals surface area contributed by atoms with Gasteiger partial charge in [-0.2, -0.15) is 5.26 Å². The second-order valence-electron chi connectivity index (χ2n) is 2.24. The predicted octanol–water partition coefficient (Wildman–Crippen LogP) is -0.106. The van der Waals surface area contributed by atoms with Crippen molar-refractivity contribution in [3.05, 3.63) is 34.4 Å². The molecule has 0 amide bonds. The van der Waals surface area contributed by atoms with Crippen LogP contribution in [0, 0.1) is 11.3 Å². The van der Waals surface area contributed by atoms with Crippen LogP contribution in [0.3, 0.4) is 0 Å². The summed E-state index contributed by atoms with van der Waals surface area (Å²) in [6, 6.07) is 3.46. The van der Waals surface area contributed by atoms with E-state index < -0.39 is 5.56 Å². The van der Waals surface area contributed by atoms with Crippen LogP contribution in [0.15, 0.2) is 23.3 Å². The first kappa shape index (κ1) is 6.61. The summed E-state index contributed by atoms with van der Waals surface area (Å²) < 4.78 is 1.42. The van der Waals surface area contributed by atoms with Crippen molar-refractivity contribution in [2.24, 2.45) is 0 Å². The maximum Gasteiger partial charge on any atom is 0.284 e. The van der Waals surface area contributed by atoms with Gasteiger partial charge in [-0.05, 0) is 6.07 Å². The number of nitrogens with zero attached hydrogens (tertiary/aromatic N) is 3. The van der Waals surface area contributed by atoms with Crippen molar-refractivity contribution in [1.82, 2.24) is 14.6 Å². The Labute approximate surface area is 66.9 Å². The monoisotopic (exact) mass is 160 g/mol. The third-order valence-corrected chi connectivity index (χ3v) is 1.53. The van der Waals surface area contributed by atoms with Crippen LogP contribution in [0.25, 0.3) is 5.65 Å². The van der Waals surface area contributed by atoms with Gasteiger partial charge in [0.1, 0.15) is 6.07 Å². The smallest absolute Gasteiger partial charge is 0.266 e. The van der Waals surface area contributed by atoms with Crippen LogP contribution in [0.4, 0.5) is 0 Å². The zero-order valence-corrected chi connectivity index (χ0v) is 5.98. The molecule has 0 unspecified atom stereocenters. The van der Waals surface area contributed by atoms with Crippen LogP contribution < -0.4 is 5.56 Å². The van der Waals surface area contributed by atoms with Gasteiger partial charge >= 0.3 is 0 Å². The van der Waals surface area contributed by atoms with Crippen molar-refractivity contribution >= 4 is 5.65 Å². The Kier molecular flexibility index (Phi) is 1.21. The Balaban J connectivity index is 3.03. The highest BCUT2D eigenvalue weighted by molar-refractivity contribution is 5.52. The molecule has 2 aromatic rings. The van der Waals surface area contributed by atoms with E-state index >= 15 is 0 Å². The third-order valence-electron chi connectivity index (χ3n) is 1.53. The molecule has 0 spiro atoms. The Bertz CT molecular complexity index is 516. The molecule has 58 valence electrons. The number of H-pyrrole nitrogens is 1. The number of hydrogen-bond donors (Lipinski definition) is 1. The first-order chi connectivity index (χ1) is 5.83. The highest BCUT2D eigenvalue weighted by atomic mass is 16.1. The second-order valence-corrected chi connectivity index (χ2v) is 2.24. The average Bonchev–Trinajstić information content (AvgIpc) is 2.40. The summed E-state index contributed by atoms with van der Waals surface area (Å²) in [5.74, 6) is 0. The highest BCUT2D eigenvalue weighted by Gasteiger charge is 2.06. The van der Waals surface area contributed by atoms with Crippen LogP contribution in [0.2, 0.25) is 0 Å². The molecule has 2 heterocycles. The van der Waals surface area contributed by atoms with E-state index in [0.717, 1.165) is 0 Å². The Morgan fingerprint density at radius 1 is 1.67 bits per heavy atom. The molecule has 2 aromatic heterocycles. The molecule has 0 aliphatic carbocycles. The van der Waals surface area contributed by atoms with Crippen LogP contribution in [0.1, 0.15) is 5.56 Å². The number of rotatable bonds is 0. The van der Waals surface area contributed by atoms with E-state index in [4.69, 9.17) is 5.26 Å². The Morgan fingerprint density at radius 2 is 2.50 bits per heavy atom. The van der Waals surface area contributed by atoms with Crippen LogP contribution >= 0.6 is 0 Å². The number of hydrogen-bond acceptors (Lipinski definition) is 3. The topological polar surface area (TPSA) is 74.0 Å². The molecule has 5 nitrogen and oxygen atoms in total. The molecular weight excluding hydrogens is 156 g/mol. The van der Waals surface area contributed by atoms with Crippen molar-refractivity contribution < 1.29 is 0 Å². The van der Waals surface area contributed by atoms with Crippen molar-refractivity contribution in [2.75, 3.05) is 0 Å². The summed E-state index contributed by atoms with van der Waals surface area (Å²) in [6.45, 7) is 0. The van der Waals surface area contributed by atoms with Crippen LogP contribution in [0.5, 0.6) is 0 Å². The lowest BCUT2D eigenvalue weighted by Gasteiger charge is -1.88. The van der Waals surface area contributed by atoms with E-state index in [9.17, 15) is 4.79 Å². The van der Waals surface area contributed by atoms with Gasteiger partial charge in [0.25, 0.3) is 5.56 Å². The van der Waals surface area contributed by atoms with Gasteiger partial charge in [0.2, 0.25) is 0 Å². The fourth-order valence-corrected chi connectivity index (χ4v) is 1.01. The number of fused-ring (bicyclic) bond motifs is 1. The molecule has 0 fully saturated rings. The van der Waals surface area contributed by atoms with E-state index in [0.29, 0.717) is 5.65 Å². The van der Waals surface area contributed by atoms with Gasteiger partial charge in [-0.15, -0.1) is 0 Å². The molecule has 0 bridgehead atoms. The van der Waals surface area contributed by atoms with Gasteiger partial charge in [0.05, 0.1) is 0 Å². The summed E-state index contributed by atoms with van der Waals surface area (Å²) in [4.78, 5) is 14.9. The zero-order chi connectivity index (χ0) is 8.55. The van der Waals surface area contributed by atoms with Crippen LogP contribution in [-0.4, -0.2) is 14.6 Å². The lowest BCUT2D eigenvalue weighted by atomic mass is 10.4. The van der Waals surface area contributed by atoms with Crippen molar-refractivity contribution in [3.63, 3.8) is 0 Å². The van der Waals surface area contributed by atoms with Gasteiger partial charge in [-0.25, -0.2) is 9.50 Å². The first-order valence-corrected chi connectivity index (χ1v) is 3.28. The molecular formula is C7H4N4O. The summed E-state index contributed by atoms with van der Waals surface area (Å²) in [5, 5.41) is 11.0. The van der Waals surface area contributed by atoms with Gasteiger partial charge in [-0.3, -0.25) is 9.89 Å². The number of aromatic nitrogens is 3. The molecule has 0 saturated carbocycles. The summed E-state index contributed by atoms with van der Waals surface area (Å²) >= 11 is 0. The molecule has 0 atom stereocenters. The van der Waals surface area contributed by atoms with Gasteiger partial charge in [0, 0.05) is 12.4 Å². The van der Waals surface area contributed by atoms with Crippen molar-refractivity contribution in [1.29, 1.82) is 5.26 Å². The average molecular weight is 160 g/mol. The number of nitrogens with one attached hydrogen (secondary N) is 1. The van der Waals surface area contributed by atoms with Gasteiger partial charge < -0.3 is 0 Å². The van der Waals surface area contributed by atoms with E-state index in [-0.39, 0.29) is 5.56 Å². The van der Waals surface area contributed by atoms with E-state index in [1.165, 1.54) is 10.7 Å². The Hall–Kier alpha value is -2.09. The van der Waals surface area contributed by atoms with Gasteiger partial charge in [0.15, 0.2) is 11.2 Å². The molecule has 0 radical (unpaired) electrons. The third kappa shape index (κ3) is 0.720. The highest BCUT2D eigenvalue weighted by Crippen LogP contribution is 1.98. The SMILES string of the molecule is N#Cc1c(=O)[nH]n2cccnc12. The molecule has 2 rings (SSSR count). The summed E-state index contributed by atoms with van der Waals surface area (Å²) in [7, 11) is 0. The molecule has 0 aromatic carbocycles. The number of nitriles is 1. The van der Waals surface area contributed by atoms with E-state index in [2.05, 4.69) is 10.1 Å². The van der Waals surface area contributed by atoms with E-state index in [1.807, 2.05) is 0 Å². The predicted molar refractivity (Wildman–Crippen MR) is 40.5 cm³/mol. The molecule has 0 saturated heterocycles. The summed E-state index contributed by atoms with van der Waals surface area (Å²) in [5.41, 5.74) is 0.0109. The fraction of sp³-hybridized carbons (Fsp3) is 0. The second kappa shape index (κ2) is 2.20. The Morgan fingerprint density at radius 3 is 3.25 bits per heavy atom. The minimum atomic E-state index is -0.406. The quantitative estimate of drug-likeness (QED) is 0.584. The first-order valence-electron chi connectivity index (χ1n) is 3.28. The van der Waals surface area contributed by atoms with Crippen LogP contribution in [-0.2, 0) is 0 Å². The fourth-order valence-electron chi connectivity index (χ4n) is 1.01. The molecule has 5 heteroatoms. The normalized spacial score (nSPS) is 9.92.